The van der Waals surface area contributed by atoms with Crippen LogP contribution in [0.1, 0.15) is 32.4 Å². The van der Waals surface area contributed by atoms with Gasteiger partial charge in [-0.2, -0.15) is 0 Å². The maximum Gasteiger partial charge on any atom is 0.251 e. The van der Waals surface area contributed by atoms with Gasteiger partial charge in [-0.25, -0.2) is 9.37 Å². The van der Waals surface area contributed by atoms with Crippen molar-refractivity contribution in [2.24, 2.45) is 0 Å². The normalized spacial score (nSPS) is 16.9. The third-order valence-corrected chi connectivity index (χ3v) is 6.86. The Kier molecular flexibility index (Phi) is 7.66. The summed E-state index contributed by atoms with van der Waals surface area (Å²) in [6, 6.07) is 14.1. The van der Waals surface area contributed by atoms with Gasteiger partial charge in [0.25, 0.3) is 5.91 Å². The topological polar surface area (TPSA) is 77.6 Å². The average molecular weight is 482 g/mol. The lowest BCUT2D eigenvalue weighted by atomic mass is 10.00. The lowest BCUT2D eigenvalue weighted by Crippen LogP contribution is -2.48. The monoisotopic (exact) mass is 481 g/mol. The van der Waals surface area contributed by atoms with E-state index < -0.39 is 0 Å². The smallest absolute Gasteiger partial charge is 0.251 e. The largest absolute Gasteiger partial charge is 0.355 e. The van der Waals surface area contributed by atoms with Crippen LogP contribution in [-0.2, 0) is 11.2 Å². The van der Waals surface area contributed by atoms with E-state index in [0.717, 1.165) is 29.1 Å². The zero-order valence-corrected chi connectivity index (χ0v) is 20.1. The molecule has 34 heavy (non-hydrogen) atoms. The average Bonchev–Trinajstić information content (AvgIpc) is 3.27. The number of likely N-dealkylation sites (N-methyl/N-ethyl adjacent to an activating group) is 1. The van der Waals surface area contributed by atoms with Crippen molar-refractivity contribution in [3.63, 3.8) is 0 Å². The maximum atomic E-state index is 13.1. The molecule has 1 aliphatic rings. The van der Waals surface area contributed by atoms with Crippen molar-refractivity contribution >= 4 is 28.3 Å². The van der Waals surface area contributed by atoms with Gasteiger partial charge in [-0.1, -0.05) is 24.3 Å². The van der Waals surface area contributed by atoms with Gasteiger partial charge in [0.15, 0.2) is 5.13 Å². The molecule has 0 radical (unpaired) electrons. The first kappa shape index (κ1) is 24.0. The molecule has 1 aliphatic heterocycles. The Balaban J connectivity index is 1.34. The Bertz CT molecular complexity index is 1150. The van der Waals surface area contributed by atoms with Gasteiger partial charge < -0.3 is 10.6 Å². The number of nitrogens with zero attached hydrogens (tertiary/aromatic N) is 3. The van der Waals surface area contributed by atoms with Gasteiger partial charge in [-0.05, 0) is 42.4 Å². The summed E-state index contributed by atoms with van der Waals surface area (Å²) in [7, 11) is 3.68. The van der Waals surface area contributed by atoms with E-state index in [-0.39, 0.29) is 30.2 Å². The number of halogens is 1. The van der Waals surface area contributed by atoms with Crippen molar-refractivity contribution in [2.75, 3.05) is 45.6 Å². The van der Waals surface area contributed by atoms with Gasteiger partial charge in [0.2, 0.25) is 5.91 Å². The number of benzene rings is 2. The molecule has 0 saturated carbocycles. The molecule has 1 saturated heterocycles. The molecule has 0 aliphatic carbocycles. The molecule has 3 aromatic rings. The second kappa shape index (κ2) is 10.9. The van der Waals surface area contributed by atoms with Crippen LogP contribution in [-0.4, -0.2) is 66.9 Å². The minimum atomic E-state index is -0.258. The quantitative estimate of drug-likeness (QED) is 0.542. The fourth-order valence-electron chi connectivity index (χ4n) is 4.08. The predicted molar refractivity (Wildman–Crippen MR) is 132 cm³/mol. The summed E-state index contributed by atoms with van der Waals surface area (Å²) in [5.41, 5.74) is 2.68. The summed E-state index contributed by atoms with van der Waals surface area (Å²) in [6.45, 7) is 2.56. The van der Waals surface area contributed by atoms with E-state index in [1.54, 1.807) is 31.4 Å². The van der Waals surface area contributed by atoms with Crippen LogP contribution in [0, 0.1) is 5.82 Å². The van der Waals surface area contributed by atoms with E-state index in [2.05, 4.69) is 32.5 Å². The number of thiazole rings is 1. The van der Waals surface area contributed by atoms with E-state index in [0.29, 0.717) is 23.7 Å². The fraction of sp³-hybridized carbons (Fsp3) is 0.320. The van der Waals surface area contributed by atoms with Crippen LogP contribution >= 0.6 is 11.3 Å². The van der Waals surface area contributed by atoms with Crippen molar-refractivity contribution in [2.45, 2.75) is 12.5 Å². The minimum absolute atomic E-state index is 0.0910. The SMILES string of the molecule is CNC(=O)c1cccc([C@H]2CN(CC(=O)Nc3ncc(Cc4ccc(F)cc4)s3)CCN2C)c1. The third-order valence-electron chi connectivity index (χ3n) is 5.95. The van der Waals surface area contributed by atoms with Crippen molar-refractivity contribution in [1.82, 2.24) is 20.1 Å². The number of anilines is 1. The first-order chi connectivity index (χ1) is 16.4. The fourth-order valence-corrected chi connectivity index (χ4v) is 4.94. The number of hydrogen-bond acceptors (Lipinski definition) is 6. The predicted octanol–water partition coefficient (Wildman–Crippen LogP) is 3.16. The van der Waals surface area contributed by atoms with Crippen molar-refractivity contribution < 1.29 is 14.0 Å². The highest BCUT2D eigenvalue weighted by atomic mass is 32.1. The molecule has 0 unspecified atom stereocenters. The number of hydrogen-bond donors (Lipinski definition) is 2. The molecule has 1 fully saturated rings. The highest BCUT2D eigenvalue weighted by molar-refractivity contribution is 7.15. The second-order valence-corrected chi connectivity index (χ2v) is 9.53. The molecule has 1 atom stereocenters. The second-order valence-electron chi connectivity index (χ2n) is 8.42. The number of carbonyl (C=O) groups is 2. The number of carbonyl (C=O) groups excluding carboxylic acids is 2. The Hall–Kier alpha value is -3.14. The van der Waals surface area contributed by atoms with E-state index in [4.69, 9.17) is 0 Å². The van der Waals surface area contributed by atoms with E-state index >= 15 is 0 Å². The number of aromatic nitrogens is 1. The molecule has 0 spiro atoms. The number of rotatable bonds is 7. The van der Waals surface area contributed by atoms with Crippen molar-refractivity contribution in [3.05, 3.63) is 82.1 Å². The lowest BCUT2D eigenvalue weighted by Gasteiger charge is -2.39. The lowest BCUT2D eigenvalue weighted by molar-refractivity contribution is -0.118. The summed E-state index contributed by atoms with van der Waals surface area (Å²) < 4.78 is 13.1. The zero-order chi connectivity index (χ0) is 24.1. The first-order valence-corrected chi connectivity index (χ1v) is 12.0. The molecule has 1 aromatic heterocycles. The zero-order valence-electron chi connectivity index (χ0n) is 19.3. The van der Waals surface area contributed by atoms with Crippen LogP contribution in [0.3, 0.4) is 0 Å². The minimum Gasteiger partial charge on any atom is -0.355 e. The van der Waals surface area contributed by atoms with E-state index in [9.17, 15) is 14.0 Å². The molecule has 2 heterocycles. The summed E-state index contributed by atoms with van der Waals surface area (Å²) in [5, 5.41) is 6.13. The van der Waals surface area contributed by atoms with Gasteiger partial charge in [0.1, 0.15) is 5.82 Å². The highest BCUT2D eigenvalue weighted by Crippen LogP contribution is 2.25. The van der Waals surface area contributed by atoms with Gasteiger partial charge in [0.05, 0.1) is 6.54 Å². The first-order valence-electron chi connectivity index (χ1n) is 11.1. The van der Waals surface area contributed by atoms with Crippen LogP contribution in [0.5, 0.6) is 0 Å². The van der Waals surface area contributed by atoms with Crippen LogP contribution in [0.15, 0.2) is 54.7 Å². The van der Waals surface area contributed by atoms with Crippen LogP contribution < -0.4 is 10.6 Å². The molecule has 4 rings (SSSR count). The Morgan fingerprint density at radius 1 is 1.18 bits per heavy atom. The molecule has 2 N–H and O–H groups in total. The molecule has 7 nitrogen and oxygen atoms in total. The van der Waals surface area contributed by atoms with Crippen molar-refractivity contribution in [3.8, 4) is 0 Å². The van der Waals surface area contributed by atoms with Gasteiger partial charge in [-0.3, -0.25) is 19.4 Å². The maximum absolute atomic E-state index is 13.1. The van der Waals surface area contributed by atoms with Gasteiger partial charge >= 0.3 is 0 Å². The highest BCUT2D eigenvalue weighted by Gasteiger charge is 2.27. The Morgan fingerprint density at radius 3 is 2.74 bits per heavy atom. The molecule has 178 valence electrons. The van der Waals surface area contributed by atoms with E-state index in [1.165, 1.54) is 23.5 Å². The van der Waals surface area contributed by atoms with Crippen LogP contribution in [0.25, 0.3) is 0 Å². The number of nitrogens with one attached hydrogen (secondary N) is 2. The van der Waals surface area contributed by atoms with Crippen LogP contribution in [0.4, 0.5) is 9.52 Å². The molecule has 9 heteroatoms. The molecular formula is C25H28FN5O2S. The number of amides is 2. The summed E-state index contributed by atoms with van der Waals surface area (Å²) in [5.74, 6) is -0.477. The summed E-state index contributed by atoms with van der Waals surface area (Å²) >= 11 is 1.43. The summed E-state index contributed by atoms with van der Waals surface area (Å²) in [4.78, 5) is 34.4. The summed E-state index contributed by atoms with van der Waals surface area (Å²) in [6.07, 6.45) is 2.39. The van der Waals surface area contributed by atoms with Crippen LogP contribution in [0.2, 0.25) is 0 Å². The molecule has 2 aromatic carbocycles. The molecular weight excluding hydrogens is 453 g/mol. The Morgan fingerprint density at radius 2 is 1.97 bits per heavy atom. The van der Waals surface area contributed by atoms with E-state index in [1.807, 2.05) is 18.2 Å². The Labute approximate surface area is 202 Å². The standard InChI is InChI=1S/C25H28FN5O2S/c1-27-24(33)19-5-3-4-18(13-19)22-15-31(11-10-30(22)2)16-23(32)29-25-28-14-21(34-25)12-17-6-8-20(26)9-7-17/h3-9,13-14,22H,10-12,15-16H2,1-2H3,(H,27,33)(H,28,29,32)/t22-/m1/s1. The van der Waals surface area contributed by atoms with Gasteiger partial charge in [-0.15, -0.1) is 11.3 Å². The van der Waals surface area contributed by atoms with Crippen molar-refractivity contribution in [1.29, 1.82) is 0 Å². The third kappa shape index (κ3) is 6.05. The molecule has 0 bridgehead atoms. The van der Waals surface area contributed by atoms with Gasteiger partial charge in [0, 0.05) is 55.8 Å². The molecule has 2 amide bonds. The number of piperazine rings is 1.